The number of nitrogens with one attached hydrogen (secondary N) is 1. The second kappa shape index (κ2) is 7.44. The Balaban J connectivity index is 1.51. The van der Waals surface area contributed by atoms with Gasteiger partial charge >= 0.3 is 0 Å². The number of rotatable bonds is 5. The third-order valence-corrected chi connectivity index (χ3v) is 4.74. The minimum absolute atomic E-state index is 0.0639. The van der Waals surface area contributed by atoms with E-state index in [1.807, 2.05) is 60.7 Å². The molecule has 3 heteroatoms. The zero-order chi connectivity index (χ0) is 17.8. The van der Waals surface area contributed by atoms with Crippen molar-refractivity contribution in [1.29, 1.82) is 0 Å². The van der Waals surface area contributed by atoms with Crippen LogP contribution in [0.4, 0.5) is 0 Å². The summed E-state index contributed by atoms with van der Waals surface area (Å²) >= 11 is 0. The highest BCUT2D eigenvalue weighted by Crippen LogP contribution is 2.29. The Hall–Kier alpha value is -3.07. The lowest BCUT2D eigenvalue weighted by atomic mass is 9.98. The summed E-state index contributed by atoms with van der Waals surface area (Å²) in [6.45, 7) is 0. The van der Waals surface area contributed by atoms with E-state index in [2.05, 4.69) is 29.6 Å². The van der Waals surface area contributed by atoms with Crippen molar-refractivity contribution in [2.45, 2.75) is 25.0 Å². The van der Waals surface area contributed by atoms with E-state index in [4.69, 9.17) is 4.74 Å². The van der Waals surface area contributed by atoms with Gasteiger partial charge in [0.05, 0.1) is 6.04 Å². The molecule has 0 bridgehead atoms. The zero-order valence-electron chi connectivity index (χ0n) is 14.5. The highest BCUT2D eigenvalue weighted by molar-refractivity contribution is 5.83. The van der Waals surface area contributed by atoms with E-state index in [1.54, 1.807) is 0 Å². The molecule has 1 amide bonds. The third kappa shape index (κ3) is 3.62. The van der Waals surface area contributed by atoms with Crippen LogP contribution in [-0.2, 0) is 17.6 Å². The summed E-state index contributed by atoms with van der Waals surface area (Å²) in [6.07, 6.45) is 0.903. The molecule has 0 radical (unpaired) electrons. The number of carbonyl (C=O) groups is 1. The van der Waals surface area contributed by atoms with Gasteiger partial charge in [0.2, 0.25) is 0 Å². The van der Waals surface area contributed by atoms with Crippen molar-refractivity contribution in [3.8, 4) is 5.75 Å². The smallest absolute Gasteiger partial charge is 0.261 e. The van der Waals surface area contributed by atoms with Gasteiger partial charge in [-0.3, -0.25) is 4.79 Å². The van der Waals surface area contributed by atoms with Crippen LogP contribution >= 0.6 is 0 Å². The number of ether oxygens (including phenoxy) is 1. The third-order valence-electron chi connectivity index (χ3n) is 4.74. The molecule has 1 aliphatic rings. The van der Waals surface area contributed by atoms with Gasteiger partial charge in [-0.2, -0.15) is 0 Å². The Kier molecular flexibility index (Phi) is 4.69. The zero-order valence-corrected chi connectivity index (χ0v) is 14.5. The van der Waals surface area contributed by atoms with Crippen LogP contribution in [-0.4, -0.2) is 12.0 Å². The molecule has 26 heavy (non-hydrogen) atoms. The SMILES string of the molecule is O=C(NC(Cc1ccccc1)c1ccccc1)C1Cc2ccccc2O1. The summed E-state index contributed by atoms with van der Waals surface area (Å²) in [5.41, 5.74) is 3.38. The van der Waals surface area contributed by atoms with Crippen LogP contribution in [0.2, 0.25) is 0 Å². The van der Waals surface area contributed by atoms with Crippen LogP contribution in [0.15, 0.2) is 84.9 Å². The molecule has 1 heterocycles. The number of hydrogen-bond acceptors (Lipinski definition) is 2. The summed E-state index contributed by atoms with van der Waals surface area (Å²) in [6, 6.07) is 28.1. The first-order valence-electron chi connectivity index (χ1n) is 8.93. The number of benzene rings is 3. The molecule has 3 aromatic carbocycles. The summed E-state index contributed by atoms with van der Waals surface area (Å²) in [4.78, 5) is 12.9. The lowest BCUT2D eigenvalue weighted by molar-refractivity contribution is -0.128. The van der Waals surface area contributed by atoms with E-state index in [9.17, 15) is 4.79 Å². The minimum atomic E-state index is -0.464. The van der Waals surface area contributed by atoms with Gasteiger partial charge in [0.15, 0.2) is 6.10 Å². The summed E-state index contributed by atoms with van der Waals surface area (Å²) in [5.74, 6) is 0.748. The standard InChI is InChI=1S/C23H21NO2/c25-23(22-16-19-13-7-8-14-21(19)26-22)24-20(18-11-5-2-6-12-18)15-17-9-3-1-4-10-17/h1-14,20,22H,15-16H2,(H,24,25). The molecule has 0 fully saturated rings. The van der Waals surface area contributed by atoms with E-state index in [0.29, 0.717) is 6.42 Å². The Morgan fingerprint density at radius 1 is 0.923 bits per heavy atom. The topological polar surface area (TPSA) is 38.3 Å². The molecule has 0 aromatic heterocycles. The maximum Gasteiger partial charge on any atom is 0.261 e. The van der Waals surface area contributed by atoms with E-state index in [-0.39, 0.29) is 11.9 Å². The first kappa shape index (κ1) is 16.4. The highest BCUT2D eigenvalue weighted by Gasteiger charge is 2.30. The summed E-state index contributed by atoms with van der Waals surface area (Å²) in [7, 11) is 0. The van der Waals surface area contributed by atoms with Crippen LogP contribution in [0, 0.1) is 0 Å². The van der Waals surface area contributed by atoms with Crippen LogP contribution in [0.1, 0.15) is 22.7 Å². The molecule has 3 nitrogen and oxygen atoms in total. The quantitative estimate of drug-likeness (QED) is 0.758. The second-order valence-corrected chi connectivity index (χ2v) is 6.58. The molecule has 0 saturated heterocycles. The van der Waals surface area contributed by atoms with Gasteiger partial charge in [0.25, 0.3) is 5.91 Å². The first-order chi connectivity index (χ1) is 12.8. The molecule has 1 aliphatic heterocycles. The van der Waals surface area contributed by atoms with E-state index in [0.717, 1.165) is 23.3 Å². The molecule has 130 valence electrons. The normalized spacial score (nSPS) is 16.4. The number of para-hydroxylation sites is 1. The number of amides is 1. The molecular weight excluding hydrogens is 322 g/mol. The van der Waals surface area contributed by atoms with Crippen LogP contribution in [0.5, 0.6) is 5.75 Å². The van der Waals surface area contributed by atoms with Crippen molar-refractivity contribution in [1.82, 2.24) is 5.32 Å². The summed E-state index contributed by atoms with van der Waals surface area (Å²) in [5, 5.41) is 3.19. The summed E-state index contributed by atoms with van der Waals surface area (Å²) < 4.78 is 5.84. The average Bonchev–Trinajstić information content (AvgIpc) is 3.13. The van der Waals surface area contributed by atoms with E-state index >= 15 is 0 Å². The Labute approximate surface area is 153 Å². The molecule has 2 atom stereocenters. The fourth-order valence-corrected chi connectivity index (χ4v) is 3.38. The van der Waals surface area contributed by atoms with Gasteiger partial charge in [-0.1, -0.05) is 78.9 Å². The monoisotopic (exact) mass is 343 g/mol. The van der Waals surface area contributed by atoms with Crippen molar-refractivity contribution in [2.75, 3.05) is 0 Å². The van der Waals surface area contributed by atoms with Gasteiger partial charge in [-0.25, -0.2) is 0 Å². The van der Waals surface area contributed by atoms with Gasteiger partial charge in [-0.15, -0.1) is 0 Å². The predicted molar refractivity (Wildman–Crippen MR) is 102 cm³/mol. The number of carbonyl (C=O) groups excluding carboxylic acids is 1. The molecule has 0 aliphatic carbocycles. The van der Waals surface area contributed by atoms with Gasteiger partial charge in [0.1, 0.15) is 5.75 Å². The van der Waals surface area contributed by atoms with Crippen molar-refractivity contribution in [2.24, 2.45) is 0 Å². The van der Waals surface area contributed by atoms with E-state index in [1.165, 1.54) is 5.56 Å². The molecule has 2 unspecified atom stereocenters. The van der Waals surface area contributed by atoms with Crippen molar-refractivity contribution >= 4 is 5.91 Å². The van der Waals surface area contributed by atoms with Crippen LogP contribution in [0.3, 0.4) is 0 Å². The Morgan fingerprint density at radius 3 is 2.31 bits per heavy atom. The van der Waals surface area contributed by atoms with Gasteiger partial charge < -0.3 is 10.1 Å². The van der Waals surface area contributed by atoms with Crippen molar-refractivity contribution in [3.63, 3.8) is 0 Å². The molecule has 0 saturated carbocycles. The highest BCUT2D eigenvalue weighted by atomic mass is 16.5. The Bertz CT molecular complexity index is 852. The van der Waals surface area contributed by atoms with Crippen LogP contribution < -0.4 is 10.1 Å². The lowest BCUT2D eigenvalue weighted by Gasteiger charge is -2.21. The molecular formula is C23H21NO2. The Morgan fingerprint density at radius 2 is 1.58 bits per heavy atom. The average molecular weight is 343 g/mol. The maximum absolute atomic E-state index is 12.9. The second-order valence-electron chi connectivity index (χ2n) is 6.58. The van der Waals surface area contributed by atoms with Crippen molar-refractivity contribution in [3.05, 3.63) is 102 Å². The molecule has 3 aromatic rings. The maximum atomic E-state index is 12.9. The van der Waals surface area contributed by atoms with Crippen molar-refractivity contribution < 1.29 is 9.53 Å². The van der Waals surface area contributed by atoms with E-state index < -0.39 is 6.10 Å². The fourth-order valence-electron chi connectivity index (χ4n) is 3.38. The predicted octanol–water partition coefficient (Wildman–Crippen LogP) is 4.09. The minimum Gasteiger partial charge on any atom is -0.480 e. The largest absolute Gasteiger partial charge is 0.480 e. The fraction of sp³-hybridized carbons (Fsp3) is 0.174. The lowest BCUT2D eigenvalue weighted by Crippen LogP contribution is -2.40. The number of fused-ring (bicyclic) bond motifs is 1. The van der Waals surface area contributed by atoms with Gasteiger partial charge in [-0.05, 0) is 29.2 Å². The first-order valence-corrected chi connectivity index (χ1v) is 8.93. The molecule has 0 spiro atoms. The van der Waals surface area contributed by atoms with Crippen LogP contribution in [0.25, 0.3) is 0 Å². The van der Waals surface area contributed by atoms with Gasteiger partial charge in [0, 0.05) is 6.42 Å². The number of hydrogen-bond donors (Lipinski definition) is 1. The molecule has 1 N–H and O–H groups in total. The molecule has 4 rings (SSSR count).